The van der Waals surface area contributed by atoms with Crippen LogP contribution in [0.4, 0.5) is 0 Å². The van der Waals surface area contributed by atoms with Crippen LogP contribution in [0.25, 0.3) is 0 Å². The van der Waals surface area contributed by atoms with Crippen LogP contribution in [0.15, 0.2) is 72.8 Å². The summed E-state index contributed by atoms with van der Waals surface area (Å²) in [7, 11) is 0. The topological polar surface area (TPSA) is 101 Å². The zero-order valence-corrected chi connectivity index (χ0v) is 45.5. The number of benzene rings is 5. The Hall–Kier alpha value is -4.90. The van der Waals surface area contributed by atoms with Crippen molar-refractivity contribution in [1.29, 1.82) is 0 Å². The van der Waals surface area contributed by atoms with Gasteiger partial charge >= 0.3 is 0 Å². The van der Waals surface area contributed by atoms with Crippen LogP contribution in [0.1, 0.15) is 260 Å². The molecule has 0 aliphatic carbocycles. The van der Waals surface area contributed by atoms with Gasteiger partial charge in [-0.3, -0.25) is 0 Å². The van der Waals surface area contributed by atoms with E-state index in [-0.39, 0.29) is 67.7 Å². The predicted octanol–water partition coefficient (Wildman–Crippen LogP) is 17.3. The highest BCUT2D eigenvalue weighted by Crippen LogP contribution is 2.51. The Bertz CT molecular complexity index is 2440. The Morgan fingerprint density at radius 2 is 0.471 bits per heavy atom. The number of phenolic OH excluding ortho intramolecular Hbond substituents is 5. The number of hydrogen-bond acceptors (Lipinski definition) is 5. The number of phenols is 5. The molecule has 5 rings (SSSR count). The van der Waals surface area contributed by atoms with E-state index in [4.69, 9.17) is 0 Å². The molecule has 0 spiro atoms. The Labute approximate surface area is 412 Å². The van der Waals surface area contributed by atoms with Gasteiger partial charge in [-0.1, -0.05) is 192 Å². The molecule has 370 valence electrons. The van der Waals surface area contributed by atoms with Crippen molar-refractivity contribution in [3.8, 4) is 28.7 Å². The lowest BCUT2D eigenvalue weighted by Crippen LogP contribution is -2.19. The fraction of sp³-hybridized carbons (Fsp3) is 0.524. The molecular formula is C63H88O5. The Balaban J connectivity index is 1.79. The molecule has 5 aromatic carbocycles. The van der Waals surface area contributed by atoms with Crippen LogP contribution in [-0.4, -0.2) is 25.5 Å². The van der Waals surface area contributed by atoms with Gasteiger partial charge in [0.25, 0.3) is 0 Å². The summed E-state index contributed by atoms with van der Waals surface area (Å²) in [6, 6.07) is 24.5. The third-order valence-electron chi connectivity index (χ3n) is 17.6. The molecule has 68 heavy (non-hydrogen) atoms. The summed E-state index contributed by atoms with van der Waals surface area (Å²) in [6.07, 6.45) is 4.48. The van der Waals surface area contributed by atoms with E-state index in [1.807, 2.05) is 12.1 Å². The maximum Gasteiger partial charge on any atom is 0.123 e. The highest BCUT2D eigenvalue weighted by Gasteiger charge is 2.34. The van der Waals surface area contributed by atoms with Gasteiger partial charge in [-0.05, 0) is 99.1 Å². The van der Waals surface area contributed by atoms with Gasteiger partial charge in [0.2, 0.25) is 0 Å². The quantitative estimate of drug-likeness (QED) is 0.0603. The van der Waals surface area contributed by atoms with Gasteiger partial charge in [-0.25, -0.2) is 0 Å². The first-order valence-corrected chi connectivity index (χ1v) is 25.7. The van der Waals surface area contributed by atoms with Crippen molar-refractivity contribution in [2.24, 2.45) is 0 Å². The number of rotatable bonds is 18. The SMILES string of the molecule is CCC(C)(C)c1ccc(O)c(C(C)c2cc(C(C)(C)CC)cc(C(C)c3cc(C(C)(C)CC)cc(C(C)c4cc(C(C)(C)CC)cc(C(C)c5cc(C(C)(C)CC)ccc5O)c4O)c3O)c2O)c1. The molecule has 0 heterocycles. The van der Waals surface area contributed by atoms with E-state index in [1.54, 1.807) is 12.1 Å². The maximum absolute atomic E-state index is 12.9. The molecule has 5 N–H and O–H groups in total. The van der Waals surface area contributed by atoms with E-state index in [0.29, 0.717) is 11.1 Å². The Kier molecular flexibility index (Phi) is 15.8. The lowest BCUT2D eigenvalue weighted by Gasteiger charge is -2.32. The molecule has 0 radical (unpaired) electrons. The zero-order valence-electron chi connectivity index (χ0n) is 45.5. The van der Waals surface area contributed by atoms with Crippen LogP contribution in [0, 0.1) is 0 Å². The van der Waals surface area contributed by atoms with Crippen molar-refractivity contribution in [2.75, 3.05) is 0 Å². The molecule has 0 aliphatic heterocycles. The van der Waals surface area contributed by atoms with E-state index >= 15 is 0 Å². The molecule has 4 unspecified atom stereocenters. The van der Waals surface area contributed by atoms with Gasteiger partial charge in [-0.2, -0.15) is 0 Å². The summed E-state index contributed by atoms with van der Waals surface area (Å²) in [4.78, 5) is 0. The average molecular weight is 925 g/mol. The maximum atomic E-state index is 12.9. The fourth-order valence-electron chi connectivity index (χ4n) is 9.53. The van der Waals surface area contributed by atoms with Crippen LogP contribution < -0.4 is 0 Å². The second-order valence-corrected chi connectivity index (χ2v) is 23.6. The molecule has 0 fully saturated rings. The van der Waals surface area contributed by atoms with Gasteiger partial charge in [0.05, 0.1) is 0 Å². The van der Waals surface area contributed by atoms with Crippen molar-refractivity contribution in [3.63, 3.8) is 0 Å². The van der Waals surface area contributed by atoms with Gasteiger partial charge < -0.3 is 25.5 Å². The highest BCUT2D eigenvalue weighted by atomic mass is 16.3. The van der Waals surface area contributed by atoms with Crippen molar-refractivity contribution in [1.82, 2.24) is 0 Å². The molecule has 0 saturated carbocycles. The highest BCUT2D eigenvalue weighted by molar-refractivity contribution is 5.61. The molecule has 0 bridgehead atoms. The largest absolute Gasteiger partial charge is 0.508 e. The third kappa shape index (κ3) is 10.3. The molecule has 0 aliphatic rings. The van der Waals surface area contributed by atoms with Crippen LogP contribution in [0.2, 0.25) is 0 Å². The van der Waals surface area contributed by atoms with Crippen molar-refractivity contribution < 1.29 is 25.5 Å². The van der Waals surface area contributed by atoms with Gasteiger partial charge in [-0.15, -0.1) is 0 Å². The van der Waals surface area contributed by atoms with Crippen LogP contribution >= 0.6 is 0 Å². The fourth-order valence-corrected chi connectivity index (χ4v) is 9.53. The summed E-state index contributed by atoms with van der Waals surface area (Å²) >= 11 is 0. The van der Waals surface area contributed by atoms with E-state index < -0.39 is 11.8 Å². The molecule has 0 saturated heterocycles. The first-order valence-electron chi connectivity index (χ1n) is 25.7. The molecule has 5 aromatic rings. The van der Waals surface area contributed by atoms with Crippen molar-refractivity contribution >= 4 is 0 Å². The minimum Gasteiger partial charge on any atom is -0.508 e. The summed E-state index contributed by atoms with van der Waals surface area (Å²) in [6.45, 7) is 41.4. The Morgan fingerprint density at radius 3 is 0.676 bits per heavy atom. The summed E-state index contributed by atoms with van der Waals surface area (Å²) in [5.74, 6) is -0.689. The number of hydrogen-bond donors (Lipinski definition) is 5. The van der Waals surface area contributed by atoms with Crippen LogP contribution in [-0.2, 0) is 27.1 Å². The van der Waals surface area contributed by atoms with Gasteiger partial charge in [0.15, 0.2) is 0 Å². The lowest BCUT2D eigenvalue weighted by atomic mass is 9.73. The number of aromatic hydroxyl groups is 5. The minimum absolute atomic E-state index is 0.0929. The predicted molar refractivity (Wildman–Crippen MR) is 287 cm³/mol. The second-order valence-electron chi connectivity index (χ2n) is 23.6. The lowest BCUT2D eigenvalue weighted by molar-refractivity contribution is 0.437. The van der Waals surface area contributed by atoms with E-state index in [0.717, 1.165) is 93.3 Å². The van der Waals surface area contributed by atoms with Crippen LogP contribution in [0.3, 0.4) is 0 Å². The molecule has 4 atom stereocenters. The molecule has 5 heteroatoms. The zero-order chi connectivity index (χ0) is 51.2. The van der Waals surface area contributed by atoms with Crippen molar-refractivity contribution in [2.45, 2.75) is 214 Å². The Morgan fingerprint density at radius 1 is 0.294 bits per heavy atom. The average Bonchev–Trinajstić information content (AvgIpc) is 3.30. The smallest absolute Gasteiger partial charge is 0.123 e. The summed E-state index contributed by atoms with van der Waals surface area (Å²) in [5, 5.41) is 60.9. The van der Waals surface area contributed by atoms with Crippen molar-refractivity contribution in [3.05, 3.63) is 145 Å². The summed E-state index contributed by atoms with van der Waals surface area (Å²) in [5.41, 5.74) is 10.5. The standard InChI is InChI=1S/C63H88O5/c1-20-59(10,11)41-25-27-54(64)46(29-41)37(6)48-31-43(61(14,15)22-3)33-50(56(48)66)39(8)52-35-45(63(18,19)24-5)36-53(58(52)68)40(9)51-34-44(62(16,17)23-4)32-49(57(51)67)38(7)47-30-42(26-28-55(47)65)60(12,13)21-2/h25-40,64-68H,20-24H2,1-19H3. The van der Waals surface area contributed by atoms with Crippen LogP contribution in [0.5, 0.6) is 28.7 Å². The summed E-state index contributed by atoms with van der Waals surface area (Å²) < 4.78 is 0. The third-order valence-corrected chi connectivity index (χ3v) is 17.6. The van der Waals surface area contributed by atoms with E-state index in [1.165, 1.54) is 0 Å². The monoisotopic (exact) mass is 925 g/mol. The molecule has 0 aromatic heterocycles. The normalized spacial score (nSPS) is 14.8. The molecule has 5 nitrogen and oxygen atoms in total. The van der Waals surface area contributed by atoms with E-state index in [2.05, 4.69) is 180 Å². The first kappa shape index (κ1) is 54.0. The molecule has 0 amide bonds. The second kappa shape index (κ2) is 19.8. The first-order chi connectivity index (χ1) is 31.4. The van der Waals surface area contributed by atoms with E-state index in [9.17, 15) is 25.5 Å². The van der Waals surface area contributed by atoms with Gasteiger partial charge in [0.1, 0.15) is 28.7 Å². The molecular weight excluding hydrogens is 837 g/mol. The van der Waals surface area contributed by atoms with Gasteiger partial charge in [0, 0.05) is 68.2 Å². The minimum atomic E-state index is -0.441.